The van der Waals surface area contributed by atoms with Crippen molar-refractivity contribution in [3.63, 3.8) is 0 Å². The van der Waals surface area contributed by atoms with Crippen LogP contribution in [0.4, 0.5) is 5.82 Å². The van der Waals surface area contributed by atoms with Crippen molar-refractivity contribution in [3.8, 4) is 0 Å². The van der Waals surface area contributed by atoms with Gasteiger partial charge in [0, 0.05) is 12.5 Å². The van der Waals surface area contributed by atoms with Gasteiger partial charge in [-0.05, 0) is 30.3 Å². The lowest BCUT2D eigenvalue weighted by Crippen LogP contribution is -2.12. The van der Waals surface area contributed by atoms with Crippen LogP contribution >= 0.6 is 11.8 Å². The summed E-state index contributed by atoms with van der Waals surface area (Å²) in [6.07, 6.45) is 3.64. The molecule has 0 saturated carbocycles. The first-order valence-corrected chi connectivity index (χ1v) is 5.79. The molecule has 3 nitrogen and oxygen atoms in total. The predicted octanol–water partition coefficient (Wildman–Crippen LogP) is 1.94. The third-order valence-electron chi connectivity index (χ3n) is 2.32. The van der Waals surface area contributed by atoms with Gasteiger partial charge in [0.15, 0.2) is 5.82 Å². The number of nitrogen functional groups attached to an aromatic ring is 1. The van der Waals surface area contributed by atoms with Crippen molar-refractivity contribution in [1.82, 2.24) is 5.16 Å². The van der Waals surface area contributed by atoms with Crippen molar-refractivity contribution in [2.45, 2.75) is 19.3 Å². The van der Waals surface area contributed by atoms with Crippen LogP contribution in [0.25, 0.3) is 0 Å². The molecule has 13 heavy (non-hydrogen) atoms. The molecule has 2 N–H and O–H groups in total. The first kappa shape index (κ1) is 8.94. The van der Waals surface area contributed by atoms with Gasteiger partial charge in [0.1, 0.15) is 5.76 Å². The Kier molecular flexibility index (Phi) is 2.78. The number of anilines is 1. The molecule has 1 aliphatic heterocycles. The summed E-state index contributed by atoms with van der Waals surface area (Å²) in [5, 5.41) is 3.68. The first-order chi connectivity index (χ1) is 6.34. The molecule has 0 spiro atoms. The topological polar surface area (TPSA) is 52.0 Å². The minimum atomic E-state index is 0.499. The van der Waals surface area contributed by atoms with Gasteiger partial charge in [-0.1, -0.05) is 5.16 Å². The summed E-state index contributed by atoms with van der Waals surface area (Å²) in [7, 11) is 0. The van der Waals surface area contributed by atoms with Gasteiger partial charge < -0.3 is 10.3 Å². The first-order valence-electron chi connectivity index (χ1n) is 4.63. The molecule has 0 radical (unpaired) electrons. The highest BCUT2D eigenvalue weighted by molar-refractivity contribution is 7.99. The quantitative estimate of drug-likeness (QED) is 0.789. The van der Waals surface area contributed by atoms with Crippen LogP contribution in [0.3, 0.4) is 0 Å². The van der Waals surface area contributed by atoms with Crippen molar-refractivity contribution in [3.05, 3.63) is 11.8 Å². The number of hydrogen-bond acceptors (Lipinski definition) is 4. The smallest absolute Gasteiger partial charge is 0.167 e. The molecule has 2 rings (SSSR count). The van der Waals surface area contributed by atoms with Gasteiger partial charge in [0.25, 0.3) is 0 Å². The van der Waals surface area contributed by atoms with Crippen molar-refractivity contribution in [1.29, 1.82) is 0 Å². The number of hydrogen-bond donors (Lipinski definition) is 1. The highest BCUT2D eigenvalue weighted by Crippen LogP contribution is 2.25. The Bertz CT molecular complexity index is 268. The summed E-state index contributed by atoms with van der Waals surface area (Å²) in [5.74, 6) is 4.75. The lowest BCUT2D eigenvalue weighted by atomic mass is 10.0. The molecule has 1 saturated heterocycles. The monoisotopic (exact) mass is 198 g/mol. The third-order valence-corrected chi connectivity index (χ3v) is 3.61. The predicted molar refractivity (Wildman–Crippen MR) is 54.7 cm³/mol. The second-order valence-electron chi connectivity index (χ2n) is 3.51. The van der Waals surface area contributed by atoms with Gasteiger partial charge in [0.2, 0.25) is 0 Å². The van der Waals surface area contributed by atoms with Gasteiger partial charge >= 0.3 is 0 Å². The second kappa shape index (κ2) is 4.05. The van der Waals surface area contributed by atoms with Gasteiger partial charge in [-0.2, -0.15) is 11.8 Å². The molecule has 1 unspecified atom stereocenters. The fraction of sp³-hybridized carbons (Fsp3) is 0.667. The highest BCUT2D eigenvalue weighted by Gasteiger charge is 2.16. The second-order valence-corrected chi connectivity index (χ2v) is 4.66. The molecular formula is C9H14N2OS. The Balaban J connectivity index is 1.89. The number of aromatic nitrogens is 1. The van der Waals surface area contributed by atoms with Gasteiger partial charge in [-0.3, -0.25) is 0 Å². The SMILES string of the molecule is Nc1cc(CC2CCCSC2)on1. The van der Waals surface area contributed by atoms with Crippen LogP contribution in [0.5, 0.6) is 0 Å². The Hall–Kier alpha value is -0.640. The molecule has 0 bridgehead atoms. The molecule has 72 valence electrons. The summed E-state index contributed by atoms with van der Waals surface area (Å²) in [6, 6.07) is 1.83. The zero-order chi connectivity index (χ0) is 9.10. The van der Waals surface area contributed by atoms with E-state index in [0.717, 1.165) is 18.1 Å². The molecule has 2 heterocycles. The maximum Gasteiger partial charge on any atom is 0.167 e. The molecule has 1 aliphatic rings. The van der Waals surface area contributed by atoms with Crippen molar-refractivity contribution >= 4 is 17.6 Å². The maximum absolute atomic E-state index is 5.47. The van der Waals surface area contributed by atoms with Crippen LogP contribution in [0.1, 0.15) is 18.6 Å². The van der Waals surface area contributed by atoms with E-state index < -0.39 is 0 Å². The number of nitrogens with two attached hydrogens (primary N) is 1. The van der Waals surface area contributed by atoms with Crippen LogP contribution in [0, 0.1) is 5.92 Å². The summed E-state index contributed by atoms with van der Waals surface area (Å²) in [4.78, 5) is 0. The fourth-order valence-corrected chi connectivity index (χ4v) is 2.83. The summed E-state index contributed by atoms with van der Waals surface area (Å²) < 4.78 is 5.08. The Morgan fingerprint density at radius 2 is 2.62 bits per heavy atom. The van der Waals surface area contributed by atoms with E-state index in [2.05, 4.69) is 5.16 Å². The van der Waals surface area contributed by atoms with Crippen LogP contribution in [-0.4, -0.2) is 16.7 Å². The van der Waals surface area contributed by atoms with Gasteiger partial charge in [-0.15, -0.1) is 0 Å². The van der Waals surface area contributed by atoms with Crippen molar-refractivity contribution < 1.29 is 4.52 Å². The van der Waals surface area contributed by atoms with E-state index in [1.807, 2.05) is 17.8 Å². The minimum absolute atomic E-state index is 0.499. The van der Waals surface area contributed by atoms with E-state index in [9.17, 15) is 0 Å². The number of nitrogens with zero attached hydrogens (tertiary/aromatic N) is 1. The molecule has 1 aromatic rings. The van der Waals surface area contributed by atoms with E-state index in [0.29, 0.717) is 5.82 Å². The lowest BCUT2D eigenvalue weighted by Gasteiger charge is -2.19. The average molecular weight is 198 g/mol. The van der Waals surface area contributed by atoms with Gasteiger partial charge in [-0.25, -0.2) is 0 Å². The number of rotatable bonds is 2. The maximum atomic E-state index is 5.47. The summed E-state index contributed by atoms with van der Waals surface area (Å²) >= 11 is 2.04. The molecule has 1 atom stereocenters. The lowest BCUT2D eigenvalue weighted by molar-refractivity contribution is 0.360. The molecule has 1 fully saturated rings. The fourth-order valence-electron chi connectivity index (χ4n) is 1.68. The normalized spacial score (nSPS) is 23.2. The number of thioether (sulfide) groups is 1. The molecule has 0 aliphatic carbocycles. The zero-order valence-electron chi connectivity index (χ0n) is 7.53. The molecule has 1 aromatic heterocycles. The van der Waals surface area contributed by atoms with Gasteiger partial charge in [0.05, 0.1) is 0 Å². The van der Waals surface area contributed by atoms with E-state index in [4.69, 9.17) is 10.3 Å². The van der Waals surface area contributed by atoms with Crippen LogP contribution in [0.15, 0.2) is 10.6 Å². The zero-order valence-corrected chi connectivity index (χ0v) is 8.35. The molecule has 0 amide bonds. The van der Waals surface area contributed by atoms with Crippen molar-refractivity contribution in [2.75, 3.05) is 17.2 Å². The molecular weight excluding hydrogens is 184 g/mol. The molecule has 4 heteroatoms. The van der Waals surface area contributed by atoms with E-state index >= 15 is 0 Å². The summed E-state index contributed by atoms with van der Waals surface area (Å²) in [5.41, 5.74) is 5.47. The van der Waals surface area contributed by atoms with Crippen LogP contribution < -0.4 is 5.73 Å². The standard InChI is InChI=1S/C9H14N2OS/c10-9-5-8(12-11-9)4-7-2-1-3-13-6-7/h5,7H,1-4,6H2,(H2,10,11). The summed E-state index contributed by atoms with van der Waals surface area (Å²) in [6.45, 7) is 0. The average Bonchev–Trinajstić information content (AvgIpc) is 2.53. The van der Waals surface area contributed by atoms with E-state index in [1.54, 1.807) is 0 Å². The Morgan fingerprint density at radius 3 is 3.23 bits per heavy atom. The molecule has 0 aromatic carbocycles. The third kappa shape index (κ3) is 2.40. The Morgan fingerprint density at radius 1 is 1.69 bits per heavy atom. The highest BCUT2D eigenvalue weighted by atomic mass is 32.2. The van der Waals surface area contributed by atoms with Crippen LogP contribution in [-0.2, 0) is 6.42 Å². The van der Waals surface area contributed by atoms with E-state index in [-0.39, 0.29) is 0 Å². The van der Waals surface area contributed by atoms with Crippen LogP contribution in [0.2, 0.25) is 0 Å². The van der Waals surface area contributed by atoms with E-state index in [1.165, 1.54) is 24.3 Å². The minimum Gasteiger partial charge on any atom is -0.381 e. The van der Waals surface area contributed by atoms with Crippen molar-refractivity contribution in [2.24, 2.45) is 5.92 Å². The largest absolute Gasteiger partial charge is 0.381 e. The Labute approximate surface area is 82.0 Å².